The molecule has 160 valence electrons. The van der Waals surface area contributed by atoms with Gasteiger partial charge in [-0.15, -0.1) is 0 Å². The molecule has 0 bridgehead atoms. The van der Waals surface area contributed by atoms with Crippen molar-refractivity contribution in [1.29, 1.82) is 0 Å². The standard InChI is InChI=1S/C25H17Cl3N2O2/c26-15-10-14(11-16(27)12-15)17-5-3-6-19-23(28)20(13-29-24(17)19)25(31)30-21-8-9-32-22-7-2-1-4-18(21)22/h1-7,10-13,21H,8-9H2,(H,30,31). The van der Waals surface area contributed by atoms with Crippen LogP contribution in [-0.2, 0) is 0 Å². The predicted molar refractivity (Wildman–Crippen MR) is 129 cm³/mol. The van der Waals surface area contributed by atoms with E-state index in [0.717, 1.165) is 22.4 Å². The lowest BCUT2D eigenvalue weighted by Gasteiger charge is -2.26. The van der Waals surface area contributed by atoms with Crippen LogP contribution in [-0.4, -0.2) is 17.5 Å². The molecule has 1 aromatic heterocycles. The van der Waals surface area contributed by atoms with Crippen molar-refractivity contribution in [2.45, 2.75) is 12.5 Å². The summed E-state index contributed by atoms with van der Waals surface area (Å²) in [6.07, 6.45) is 2.20. The average Bonchev–Trinajstić information content (AvgIpc) is 2.78. The molecule has 5 rings (SSSR count). The number of ether oxygens (including phenoxy) is 1. The van der Waals surface area contributed by atoms with Crippen LogP contribution in [0.15, 0.2) is 66.9 Å². The summed E-state index contributed by atoms with van der Waals surface area (Å²) in [7, 11) is 0. The van der Waals surface area contributed by atoms with Crippen LogP contribution in [0.3, 0.4) is 0 Å². The summed E-state index contributed by atoms with van der Waals surface area (Å²) in [6.45, 7) is 0.539. The van der Waals surface area contributed by atoms with E-state index in [4.69, 9.17) is 39.5 Å². The number of para-hydroxylation sites is 2. The van der Waals surface area contributed by atoms with Gasteiger partial charge in [-0.2, -0.15) is 0 Å². The highest BCUT2D eigenvalue weighted by Crippen LogP contribution is 2.36. The van der Waals surface area contributed by atoms with E-state index >= 15 is 0 Å². The fourth-order valence-corrected chi connectivity index (χ4v) is 4.83. The van der Waals surface area contributed by atoms with E-state index in [2.05, 4.69) is 10.3 Å². The third-order valence-electron chi connectivity index (χ3n) is 5.51. The molecular formula is C25H17Cl3N2O2. The topological polar surface area (TPSA) is 51.2 Å². The molecule has 1 atom stereocenters. The maximum Gasteiger partial charge on any atom is 0.254 e. The van der Waals surface area contributed by atoms with Crippen LogP contribution in [0.25, 0.3) is 22.0 Å². The Bertz CT molecular complexity index is 1340. The van der Waals surface area contributed by atoms with Gasteiger partial charge in [-0.25, -0.2) is 0 Å². The van der Waals surface area contributed by atoms with Crippen molar-refractivity contribution in [1.82, 2.24) is 10.3 Å². The van der Waals surface area contributed by atoms with Crippen molar-refractivity contribution in [2.24, 2.45) is 0 Å². The van der Waals surface area contributed by atoms with Gasteiger partial charge >= 0.3 is 0 Å². The molecule has 0 fully saturated rings. The number of carbonyl (C=O) groups is 1. The van der Waals surface area contributed by atoms with Crippen LogP contribution in [0.4, 0.5) is 0 Å². The largest absolute Gasteiger partial charge is 0.493 e. The number of fused-ring (bicyclic) bond motifs is 2. The summed E-state index contributed by atoms with van der Waals surface area (Å²) in [5, 5.41) is 5.17. The van der Waals surface area contributed by atoms with Gasteiger partial charge in [0.2, 0.25) is 0 Å². The van der Waals surface area contributed by atoms with Crippen LogP contribution in [0.1, 0.15) is 28.4 Å². The Hall–Kier alpha value is -2.79. The molecule has 1 unspecified atom stereocenters. The number of pyridine rings is 1. The van der Waals surface area contributed by atoms with Crippen molar-refractivity contribution < 1.29 is 9.53 Å². The molecule has 1 aliphatic heterocycles. The minimum absolute atomic E-state index is 0.154. The number of rotatable bonds is 3. The van der Waals surface area contributed by atoms with E-state index in [9.17, 15) is 4.79 Å². The second kappa shape index (κ2) is 8.62. The molecule has 4 aromatic rings. The normalized spacial score (nSPS) is 15.2. The van der Waals surface area contributed by atoms with Gasteiger partial charge in [0, 0.05) is 39.2 Å². The maximum absolute atomic E-state index is 13.1. The van der Waals surface area contributed by atoms with Crippen molar-refractivity contribution in [3.05, 3.63) is 93.1 Å². The molecule has 0 aliphatic carbocycles. The van der Waals surface area contributed by atoms with Gasteiger partial charge in [0.25, 0.3) is 5.91 Å². The Morgan fingerprint density at radius 3 is 2.59 bits per heavy atom. The van der Waals surface area contributed by atoms with E-state index in [1.165, 1.54) is 6.20 Å². The van der Waals surface area contributed by atoms with Crippen molar-refractivity contribution in [3.8, 4) is 16.9 Å². The van der Waals surface area contributed by atoms with Gasteiger partial charge in [0.1, 0.15) is 5.75 Å². The van der Waals surface area contributed by atoms with Gasteiger partial charge in [-0.3, -0.25) is 9.78 Å². The monoisotopic (exact) mass is 482 g/mol. The summed E-state index contributed by atoms with van der Waals surface area (Å²) in [4.78, 5) is 17.7. The average molecular weight is 484 g/mol. The lowest BCUT2D eigenvalue weighted by atomic mass is 9.99. The first-order valence-corrected chi connectivity index (χ1v) is 11.2. The second-order valence-corrected chi connectivity index (χ2v) is 8.80. The molecule has 3 aromatic carbocycles. The highest BCUT2D eigenvalue weighted by atomic mass is 35.5. The van der Waals surface area contributed by atoms with Crippen molar-refractivity contribution in [2.75, 3.05) is 6.61 Å². The number of hydrogen-bond acceptors (Lipinski definition) is 3. The first-order chi connectivity index (χ1) is 15.5. The molecule has 0 radical (unpaired) electrons. The fourth-order valence-electron chi connectivity index (χ4n) is 4.02. The molecule has 4 nitrogen and oxygen atoms in total. The van der Waals surface area contributed by atoms with Gasteiger partial charge < -0.3 is 10.1 Å². The van der Waals surface area contributed by atoms with Crippen LogP contribution in [0.2, 0.25) is 15.1 Å². The summed E-state index contributed by atoms with van der Waals surface area (Å²) < 4.78 is 5.69. The van der Waals surface area contributed by atoms with Crippen molar-refractivity contribution in [3.63, 3.8) is 0 Å². The smallest absolute Gasteiger partial charge is 0.254 e. The summed E-state index contributed by atoms with van der Waals surface area (Å²) >= 11 is 19.1. The Kier molecular flexibility index (Phi) is 5.68. The highest BCUT2D eigenvalue weighted by Gasteiger charge is 2.25. The van der Waals surface area contributed by atoms with Gasteiger partial charge in [0.05, 0.1) is 28.8 Å². The first kappa shape index (κ1) is 21.1. The molecule has 2 heterocycles. The van der Waals surface area contributed by atoms with E-state index in [0.29, 0.717) is 44.6 Å². The zero-order chi connectivity index (χ0) is 22.2. The summed E-state index contributed by atoms with van der Waals surface area (Å²) in [6, 6.07) is 18.5. The van der Waals surface area contributed by atoms with E-state index in [1.54, 1.807) is 6.07 Å². The van der Waals surface area contributed by atoms with Crippen molar-refractivity contribution >= 4 is 51.6 Å². The van der Waals surface area contributed by atoms with Gasteiger partial charge in [0.15, 0.2) is 0 Å². The predicted octanol–water partition coefficient (Wildman–Crippen LogP) is 7.12. The number of benzene rings is 3. The number of nitrogens with zero attached hydrogens (tertiary/aromatic N) is 1. The van der Waals surface area contributed by atoms with Crippen LogP contribution >= 0.6 is 34.8 Å². The Balaban J connectivity index is 1.51. The number of halogens is 3. The molecule has 1 N–H and O–H groups in total. The third-order valence-corrected chi connectivity index (χ3v) is 6.36. The Morgan fingerprint density at radius 1 is 1.00 bits per heavy atom. The van der Waals surface area contributed by atoms with Gasteiger partial charge in [-0.1, -0.05) is 71.2 Å². The summed E-state index contributed by atoms with van der Waals surface area (Å²) in [5.74, 6) is 0.513. The highest BCUT2D eigenvalue weighted by molar-refractivity contribution is 6.39. The molecule has 0 spiro atoms. The second-order valence-electron chi connectivity index (χ2n) is 7.55. The molecule has 0 saturated heterocycles. The molecule has 0 saturated carbocycles. The van der Waals surface area contributed by atoms with E-state index < -0.39 is 0 Å². The fraction of sp³-hybridized carbons (Fsp3) is 0.120. The molecule has 1 aliphatic rings. The zero-order valence-corrected chi connectivity index (χ0v) is 19.0. The quantitative estimate of drug-likeness (QED) is 0.338. The van der Waals surface area contributed by atoms with E-state index in [1.807, 2.05) is 54.6 Å². The lowest BCUT2D eigenvalue weighted by molar-refractivity contribution is 0.0924. The zero-order valence-electron chi connectivity index (χ0n) is 16.7. The maximum atomic E-state index is 13.1. The Labute approximate surface area is 200 Å². The molecular weight excluding hydrogens is 467 g/mol. The van der Waals surface area contributed by atoms with Crippen LogP contribution in [0, 0.1) is 0 Å². The number of hydrogen-bond donors (Lipinski definition) is 1. The number of aromatic nitrogens is 1. The SMILES string of the molecule is O=C(NC1CCOc2ccccc21)c1cnc2c(-c3cc(Cl)cc(Cl)c3)cccc2c1Cl. The third kappa shape index (κ3) is 3.90. The van der Waals surface area contributed by atoms with Gasteiger partial charge in [-0.05, 0) is 29.8 Å². The van der Waals surface area contributed by atoms with Crippen LogP contribution < -0.4 is 10.1 Å². The lowest BCUT2D eigenvalue weighted by Crippen LogP contribution is -2.32. The minimum Gasteiger partial charge on any atom is -0.493 e. The molecule has 1 amide bonds. The van der Waals surface area contributed by atoms with E-state index in [-0.39, 0.29) is 11.9 Å². The number of carbonyl (C=O) groups excluding carboxylic acids is 1. The van der Waals surface area contributed by atoms with Crippen LogP contribution in [0.5, 0.6) is 5.75 Å². The molecule has 32 heavy (non-hydrogen) atoms. The first-order valence-electron chi connectivity index (χ1n) is 10.1. The number of nitrogens with one attached hydrogen (secondary N) is 1. The summed E-state index contributed by atoms with van der Waals surface area (Å²) in [5.41, 5.74) is 3.61. The number of amides is 1. The Morgan fingerprint density at radius 2 is 1.78 bits per heavy atom. The molecule has 7 heteroatoms. The minimum atomic E-state index is -0.276.